The highest BCUT2D eigenvalue weighted by Gasteiger charge is 2.39. The Balaban J connectivity index is 2.33. The number of rotatable bonds is 2. The van der Waals surface area contributed by atoms with E-state index in [9.17, 15) is 13.9 Å². The first kappa shape index (κ1) is 13.5. The van der Waals surface area contributed by atoms with Gasteiger partial charge in [-0.15, -0.1) is 0 Å². The molecule has 0 amide bonds. The van der Waals surface area contributed by atoms with Crippen molar-refractivity contribution in [2.45, 2.75) is 45.1 Å². The van der Waals surface area contributed by atoms with Gasteiger partial charge in [0.2, 0.25) is 0 Å². The van der Waals surface area contributed by atoms with Gasteiger partial charge in [-0.2, -0.15) is 0 Å². The predicted molar refractivity (Wildman–Crippen MR) is 67.1 cm³/mol. The van der Waals surface area contributed by atoms with E-state index in [1.54, 1.807) is 0 Å². The summed E-state index contributed by atoms with van der Waals surface area (Å²) in [4.78, 5) is 0. The van der Waals surface area contributed by atoms with Crippen LogP contribution in [-0.2, 0) is 5.60 Å². The molecule has 0 radical (unpaired) electrons. The molecule has 2 atom stereocenters. The number of hydrogen-bond acceptors (Lipinski definition) is 1. The van der Waals surface area contributed by atoms with Gasteiger partial charge in [-0.1, -0.05) is 26.0 Å². The van der Waals surface area contributed by atoms with Crippen molar-refractivity contribution in [2.75, 3.05) is 0 Å². The molecule has 1 aliphatic carbocycles. The van der Waals surface area contributed by atoms with Crippen molar-refractivity contribution in [1.82, 2.24) is 0 Å². The molecule has 1 aromatic rings. The predicted octanol–water partition coefficient (Wildman–Crippen LogP) is 4.00. The molecule has 1 N–H and O–H groups in total. The summed E-state index contributed by atoms with van der Waals surface area (Å²) in [7, 11) is 0. The molecule has 2 unspecified atom stereocenters. The zero-order chi connectivity index (χ0) is 13.3. The van der Waals surface area contributed by atoms with Gasteiger partial charge < -0.3 is 5.11 Å². The lowest BCUT2D eigenvalue weighted by Gasteiger charge is -2.39. The van der Waals surface area contributed by atoms with Gasteiger partial charge in [-0.25, -0.2) is 8.78 Å². The Morgan fingerprint density at radius 2 is 2.06 bits per heavy atom. The average Bonchev–Trinajstić information content (AvgIpc) is 2.32. The van der Waals surface area contributed by atoms with Gasteiger partial charge in [-0.05, 0) is 43.6 Å². The smallest absolute Gasteiger partial charge is 0.164 e. The van der Waals surface area contributed by atoms with E-state index in [1.807, 2.05) is 0 Å². The van der Waals surface area contributed by atoms with Crippen LogP contribution in [0.1, 0.15) is 45.1 Å². The zero-order valence-corrected chi connectivity index (χ0v) is 10.9. The first-order valence-electron chi connectivity index (χ1n) is 6.61. The van der Waals surface area contributed by atoms with Gasteiger partial charge in [0.05, 0.1) is 5.60 Å². The largest absolute Gasteiger partial charge is 0.385 e. The summed E-state index contributed by atoms with van der Waals surface area (Å²) in [6.07, 6.45) is 2.94. The molecule has 0 aromatic heterocycles. The minimum absolute atomic E-state index is 0.118. The van der Waals surface area contributed by atoms with Gasteiger partial charge >= 0.3 is 0 Å². The Kier molecular flexibility index (Phi) is 3.71. The van der Waals surface area contributed by atoms with Crippen molar-refractivity contribution in [3.63, 3.8) is 0 Å². The molecular weight excluding hydrogens is 234 g/mol. The summed E-state index contributed by atoms with van der Waals surface area (Å²) in [5.74, 6) is -0.961. The third kappa shape index (κ3) is 2.41. The fraction of sp³-hybridized carbons (Fsp3) is 0.600. The first-order chi connectivity index (χ1) is 8.44. The Morgan fingerprint density at radius 3 is 2.72 bits per heavy atom. The molecule has 3 heteroatoms. The minimum Gasteiger partial charge on any atom is -0.385 e. The van der Waals surface area contributed by atoms with Crippen molar-refractivity contribution in [3.8, 4) is 0 Å². The fourth-order valence-electron chi connectivity index (χ4n) is 2.97. The van der Waals surface area contributed by atoms with E-state index >= 15 is 0 Å². The standard InChI is InChI=1S/C15H20F2O/c1-10(2)11-5-4-8-15(18,9-11)12-6-3-7-13(16)14(12)17/h3,6-7,10-11,18H,4-5,8-9H2,1-2H3. The summed E-state index contributed by atoms with van der Waals surface area (Å²) >= 11 is 0. The molecule has 1 nitrogen and oxygen atoms in total. The van der Waals surface area contributed by atoms with Gasteiger partial charge in [0.1, 0.15) is 0 Å². The Bertz CT molecular complexity index is 431. The van der Waals surface area contributed by atoms with Crippen LogP contribution < -0.4 is 0 Å². The highest BCUT2D eigenvalue weighted by molar-refractivity contribution is 5.26. The molecular formula is C15H20F2O. The third-order valence-electron chi connectivity index (χ3n) is 4.16. The van der Waals surface area contributed by atoms with Gasteiger partial charge in [0.25, 0.3) is 0 Å². The Hall–Kier alpha value is -0.960. The van der Waals surface area contributed by atoms with E-state index in [0.29, 0.717) is 24.7 Å². The van der Waals surface area contributed by atoms with Crippen LogP contribution in [0.15, 0.2) is 18.2 Å². The summed E-state index contributed by atoms with van der Waals surface area (Å²) in [6.45, 7) is 4.22. The quantitative estimate of drug-likeness (QED) is 0.845. The van der Waals surface area contributed by atoms with Crippen LogP contribution in [0, 0.1) is 23.5 Å². The Morgan fingerprint density at radius 1 is 1.33 bits per heavy atom. The molecule has 0 bridgehead atoms. The SMILES string of the molecule is CC(C)C1CCCC(O)(c2cccc(F)c2F)C1. The van der Waals surface area contributed by atoms with Crippen LogP contribution in [0.4, 0.5) is 8.78 Å². The van der Waals surface area contributed by atoms with E-state index in [1.165, 1.54) is 12.1 Å². The first-order valence-corrected chi connectivity index (χ1v) is 6.61. The lowest BCUT2D eigenvalue weighted by molar-refractivity contribution is -0.0326. The summed E-state index contributed by atoms with van der Waals surface area (Å²) in [5, 5.41) is 10.7. The average molecular weight is 254 g/mol. The van der Waals surface area contributed by atoms with Crippen LogP contribution in [0.2, 0.25) is 0 Å². The number of aliphatic hydroxyl groups is 1. The molecule has 0 aliphatic heterocycles. The lowest BCUT2D eigenvalue weighted by atomic mass is 9.71. The van der Waals surface area contributed by atoms with Crippen molar-refractivity contribution in [2.24, 2.45) is 11.8 Å². The van der Waals surface area contributed by atoms with E-state index < -0.39 is 17.2 Å². The lowest BCUT2D eigenvalue weighted by Crippen LogP contribution is -2.35. The highest BCUT2D eigenvalue weighted by atomic mass is 19.2. The molecule has 18 heavy (non-hydrogen) atoms. The van der Waals surface area contributed by atoms with Gasteiger partial charge in [0.15, 0.2) is 11.6 Å². The molecule has 1 fully saturated rings. The van der Waals surface area contributed by atoms with Crippen molar-refractivity contribution in [3.05, 3.63) is 35.4 Å². The molecule has 1 saturated carbocycles. The van der Waals surface area contributed by atoms with Crippen LogP contribution in [0.25, 0.3) is 0 Å². The maximum absolute atomic E-state index is 13.8. The summed E-state index contributed by atoms with van der Waals surface area (Å²) < 4.78 is 27.1. The normalized spacial score (nSPS) is 28.7. The van der Waals surface area contributed by atoms with E-state index in [-0.39, 0.29) is 5.56 Å². The fourth-order valence-corrected chi connectivity index (χ4v) is 2.97. The molecule has 2 rings (SSSR count). The van der Waals surface area contributed by atoms with E-state index in [0.717, 1.165) is 18.9 Å². The van der Waals surface area contributed by atoms with Crippen LogP contribution in [-0.4, -0.2) is 5.11 Å². The maximum Gasteiger partial charge on any atom is 0.164 e. The van der Waals surface area contributed by atoms with Crippen LogP contribution in [0.3, 0.4) is 0 Å². The molecule has 0 spiro atoms. The van der Waals surface area contributed by atoms with Crippen LogP contribution >= 0.6 is 0 Å². The van der Waals surface area contributed by atoms with E-state index in [2.05, 4.69) is 13.8 Å². The second-order valence-corrected chi connectivity index (χ2v) is 5.73. The Labute approximate surface area is 107 Å². The number of hydrogen-bond donors (Lipinski definition) is 1. The second kappa shape index (κ2) is 4.96. The molecule has 1 aromatic carbocycles. The summed E-state index contributed by atoms with van der Waals surface area (Å²) in [6, 6.07) is 4.05. The topological polar surface area (TPSA) is 20.2 Å². The van der Waals surface area contributed by atoms with Crippen molar-refractivity contribution in [1.29, 1.82) is 0 Å². The molecule has 100 valence electrons. The number of halogens is 2. The van der Waals surface area contributed by atoms with Crippen molar-refractivity contribution < 1.29 is 13.9 Å². The number of benzene rings is 1. The van der Waals surface area contributed by atoms with Gasteiger partial charge in [-0.3, -0.25) is 0 Å². The van der Waals surface area contributed by atoms with Gasteiger partial charge in [0, 0.05) is 5.56 Å². The zero-order valence-electron chi connectivity index (χ0n) is 10.9. The van der Waals surface area contributed by atoms with E-state index in [4.69, 9.17) is 0 Å². The molecule has 0 saturated heterocycles. The monoisotopic (exact) mass is 254 g/mol. The second-order valence-electron chi connectivity index (χ2n) is 5.73. The molecule has 0 heterocycles. The highest BCUT2D eigenvalue weighted by Crippen LogP contribution is 2.43. The summed E-state index contributed by atoms with van der Waals surface area (Å²) in [5.41, 5.74) is -1.09. The minimum atomic E-state index is -1.21. The van der Waals surface area contributed by atoms with Crippen molar-refractivity contribution >= 4 is 0 Å². The third-order valence-corrected chi connectivity index (χ3v) is 4.16. The molecule has 1 aliphatic rings. The maximum atomic E-state index is 13.8. The van der Waals surface area contributed by atoms with Crippen LogP contribution in [0.5, 0.6) is 0 Å².